The van der Waals surface area contributed by atoms with Crippen molar-refractivity contribution in [3.8, 4) is 5.75 Å². The van der Waals surface area contributed by atoms with E-state index in [4.69, 9.17) is 4.74 Å². The number of rotatable bonds is 9. The van der Waals surface area contributed by atoms with Crippen molar-refractivity contribution in [2.45, 2.75) is 39.7 Å². The van der Waals surface area contributed by atoms with E-state index in [0.29, 0.717) is 17.9 Å². The number of hydrogen-bond donors (Lipinski definition) is 2. The molecule has 0 radical (unpaired) electrons. The Balaban J connectivity index is 0.00000676. The lowest BCUT2D eigenvalue weighted by Crippen LogP contribution is -2.44. The molecule has 154 valence electrons. The molecule has 0 spiro atoms. The van der Waals surface area contributed by atoms with Crippen molar-refractivity contribution in [3.05, 3.63) is 29.8 Å². The highest BCUT2D eigenvalue weighted by Crippen LogP contribution is 2.14. The van der Waals surface area contributed by atoms with Crippen LogP contribution in [0.3, 0.4) is 0 Å². The number of aliphatic imine (C=N–C) groups is 1. The topological polar surface area (TPSA) is 66.0 Å². The minimum Gasteiger partial charge on any atom is -0.497 e. The van der Waals surface area contributed by atoms with Gasteiger partial charge in [-0.15, -0.1) is 24.0 Å². The summed E-state index contributed by atoms with van der Waals surface area (Å²) in [6, 6.07) is 8.46. The number of halogens is 1. The molecule has 1 rings (SSSR count). The van der Waals surface area contributed by atoms with Crippen molar-refractivity contribution in [3.63, 3.8) is 0 Å². The number of guanidine groups is 1. The second-order valence-corrected chi connectivity index (χ2v) is 6.94. The highest BCUT2D eigenvalue weighted by Gasteiger charge is 2.09. The predicted octanol–water partition coefficient (Wildman–Crippen LogP) is 2.91. The van der Waals surface area contributed by atoms with Gasteiger partial charge in [-0.3, -0.25) is 4.79 Å². The van der Waals surface area contributed by atoms with Crippen LogP contribution in [0.2, 0.25) is 0 Å². The maximum atomic E-state index is 11.8. The number of ether oxygens (including phenoxy) is 1. The Morgan fingerprint density at radius 1 is 1.22 bits per heavy atom. The maximum Gasteiger partial charge on any atom is 0.243 e. The van der Waals surface area contributed by atoms with Crippen LogP contribution < -0.4 is 15.4 Å². The van der Waals surface area contributed by atoms with Crippen LogP contribution in [-0.2, 0) is 11.2 Å². The van der Waals surface area contributed by atoms with Gasteiger partial charge in [0.15, 0.2) is 5.96 Å². The Hall–Kier alpha value is -1.51. The van der Waals surface area contributed by atoms with Gasteiger partial charge in [-0.05, 0) is 43.4 Å². The highest BCUT2D eigenvalue weighted by molar-refractivity contribution is 14.0. The zero-order valence-corrected chi connectivity index (χ0v) is 19.7. The van der Waals surface area contributed by atoms with E-state index in [1.165, 1.54) is 5.56 Å². The number of nitrogens with one attached hydrogen (secondary N) is 2. The van der Waals surface area contributed by atoms with Gasteiger partial charge < -0.3 is 20.3 Å². The molecule has 6 nitrogen and oxygen atoms in total. The first-order chi connectivity index (χ1) is 12.3. The summed E-state index contributed by atoms with van der Waals surface area (Å²) in [7, 11) is 5.15. The van der Waals surface area contributed by atoms with E-state index >= 15 is 0 Å². The summed E-state index contributed by atoms with van der Waals surface area (Å²) in [6.07, 6.45) is 1.95. The largest absolute Gasteiger partial charge is 0.497 e. The van der Waals surface area contributed by atoms with E-state index in [1.54, 1.807) is 26.1 Å². The zero-order chi connectivity index (χ0) is 19.5. The van der Waals surface area contributed by atoms with E-state index < -0.39 is 0 Å². The van der Waals surface area contributed by atoms with Crippen LogP contribution in [-0.4, -0.2) is 57.1 Å². The van der Waals surface area contributed by atoms with Crippen molar-refractivity contribution in [1.29, 1.82) is 0 Å². The van der Waals surface area contributed by atoms with Crippen molar-refractivity contribution in [2.24, 2.45) is 10.9 Å². The van der Waals surface area contributed by atoms with E-state index in [2.05, 4.69) is 48.5 Å². The van der Waals surface area contributed by atoms with Gasteiger partial charge in [-0.25, -0.2) is 4.99 Å². The van der Waals surface area contributed by atoms with Gasteiger partial charge in [0.05, 0.1) is 7.11 Å². The highest BCUT2D eigenvalue weighted by atomic mass is 127. The molecule has 0 saturated heterocycles. The van der Waals surface area contributed by atoms with Crippen LogP contribution in [0.15, 0.2) is 29.3 Å². The molecule has 0 heterocycles. The fourth-order valence-corrected chi connectivity index (χ4v) is 2.28. The summed E-state index contributed by atoms with van der Waals surface area (Å²) >= 11 is 0. The summed E-state index contributed by atoms with van der Waals surface area (Å²) in [5.41, 5.74) is 1.27. The van der Waals surface area contributed by atoms with Crippen molar-refractivity contribution in [2.75, 3.05) is 34.3 Å². The van der Waals surface area contributed by atoms with Gasteiger partial charge >= 0.3 is 0 Å². The first-order valence-corrected chi connectivity index (χ1v) is 9.23. The van der Waals surface area contributed by atoms with Crippen LogP contribution in [0.4, 0.5) is 0 Å². The van der Waals surface area contributed by atoms with Crippen LogP contribution in [0.1, 0.15) is 32.8 Å². The minimum absolute atomic E-state index is 0. The number of methoxy groups -OCH3 is 1. The summed E-state index contributed by atoms with van der Waals surface area (Å²) in [4.78, 5) is 17.8. The van der Waals surface area contributed by atoms with Gasteiger partial charge in [0.2, 0.25) is 5.91 Å². The smallest absolute Gasteiger partial charge is 0.243 e. The molecule has 0 saturated carbocycles. The van der Waals surface area contributed by atoms with Crippen molar-refractivity contribution >= 4 is 35.8 Å². The number of hydrogen-bond acceptors (Lipinski definition) is 3. The van der Waals surface area contributed by atoms with Gasteiger partial charge in [-0.1, -0.05) is 26.0 Å². The second-order valence-electron chi connectivity index (χ2n) is 6.94. The minimum atomic E-state index is -0.0125. The molecule has 2 unspecified atom stereocenters. The maximum absolute atomic E-state index is 11.8. The third-order valence-electron chi connectivity index (χ3n) is 4.23. The Morgan fingerprint density at radius 2 is 1.85 bits per heavy atom. The third-order valence-corrected chi connectivity index (χ3v) is 4.23. The Bertz CT molecular complexity index is 576. The summed E-state index contributed by atoms with van der Waals surface area (Å²) in [6.45, 7) is 7.34. The zero-order valence-electron chi connectivity index (χ0n) is 17.4. The van der Waals surface area contributed by atoms with Crippen molar-refractivity contribution in [1.82, 2.24) is 15.5 Å². The summed E-state index contributed by atoms with van der Waals surface area (Å²) in [5.74, 6) is 1.98. The molecule has 0 aliphatic heterocycles. The molecule has 0 bridgehead atoms. The number of likely N-dealkylation sites (N-methyl/N-ethyl adjacent to an activating group) is 1. The number of carbonyl (C=O) groups is 1. The molecule has 1 aromatic carbocycles. The molecular weight excluding hydrogens is 455 g/mol. The van der Waals surface area contributed by atoms with Crippen LogP contribution in [0, 0.1) is 5.92 Å². The monoisotopic (exact) mass is 490 g/mol. The lowest BCUT2D eigenvalue weighted by Gasteiger charge is -2.20. The van der Waals surface area contributed by atoms with Gasteiger partial charge in [0.1, 0.15) is 12.3 Å². The Kier molecular flexibility index (Phi) is 12.9. The normalized spacial score (nSPS) is 13.2. The first kappa shape index (κ1) is 25.5. The van der Waals surface area contributed by atoms with Crippen LogP contribution in [0.25, 0.3) is 0 Å². The molecule has 1 aromatic rings. The predicted molar refractivity (Wildman–Crippen MR) is 123 cm³/mol. The van der Waals surface area contributed by atoms with E-state index in [1.807, 2.05) is 12.1 Å². The molecular formula is C20H35IN4O2. The summed E-state index contributed by atoms with van der Waals surface area (Å²) in [5, 5.41) is 6.71. The van der Waals surface area contributed by atoms with Gasteiger partial charge in [0.25, 0.3) is 0 Å². The Labute approximate surface area is 181 Å². The molecule has 2 atom stereocenters. The molecule has 0 aliphatic carbocycles. The molecule has 1 amide bonds. The van der Waals surface area contributed by atoms with Gasteiger partial charge in [0, 0.05) is 26.7 Å². The molecule has 27 heavy (non-hydrogen) atoms. The quantitative estimate of drug-likeness (QED) is 0.318. The van der Waals surface area contributed by atoms with Gasteiger partial charge in [-0.2, -0.15) is 0 Å². The average Bonchev–Trinajstić information content (AvgIpc) is 2.63. The van der Waals surface area contributed by atoms with Crippen molar-refractivity contribution < 1.29 is 9.53 Å². The van der Waals surface area contributed by atoms with Crippen LogP contribution in [0.5, 0.6) is 5.75 Å². The Morgan fingerprint density at radius 3 is 2.37 bits per heavy atom. The van der Waals surface area contributed by atoms with E-state index in [0.717, 1.165) is 25.1 Å². The fourth-order valence-electron chi connectivity index (χ4n) is 2.28. The lowest BCUT2D eigenvalue weighted by molar-refractivity contribution is -0.127. The standard InChI is InChI=1S/C20H34N4O2.HI/c1-7-16(3)23-20(22-14-19(25)24(4)5)21-13-15(2)12-17-8-10-18(26-6)11-9-17;/h8-11,15-16H,7,12-14H2,1-6H3,(H2,21,22,23);1H. The second kappa shape index (κ2) is 13.6. The SMILES string of the molecule is CCC(C)NC(=NCC(=O)N(C)C)NCC(C)Cc1ccc(OC)cc1.I. The summed E-state index contributed by atoms with van der Waals surface area (Å²) < 4.78 is 5.20. The van der Waals surface area contributed by atoms with E-state index in [9.17, 15) is 4.79 Å². The lowest BCUT2D eigenvalue weighted by atomic mass is 10.0. The number of amides is 1. The van der Waals surface area contributed by atoms with E-state index in [-0.39, 0.29) is 36.4 Å². The fraction of sp³-hybridized carbons (Fsp3) is 0.600. The number of nitrogens with zero attached hydrogens (tertiary/aromatic N) is 2. The number of carbonyl (C=O) groups excluding carboxylic acids is 1. The molecule has 0 aromatic heterocycles. The third kappa shape index (κ3) is 10.4. The molecule has 2 N–H and O–H groups in total. The molecule has 7 heteroatoms. The number of benzene rings is 1. The molecule has 0 aliphatic rings. The molecule has 0 fully saturated rings. The average molecular weight is 490 g/mol. The van der Waals surface area contributed by atoms with Crippen LogP contribution >= 0.6 is 24.0 Å². The first-order valence-electron chi connectivity index (χ1n) is 9.23.